The van der Waals surface area contributed by atoms with Gasteiger partial charge in [0.25, 0.3) is 0 Å². The van der Waals surface area contributed by atoms with Gasteiger partial charge in [0.1, 0.15) is 24.4 Å². The van der Waals surface area contributed by atoms with Crippen LogP contribution in [0.5, 0.6) is 0 Å². The molecule has 2 saturated heterocycles. The monoisotopic (exact) mass is 250 g/mol. The first-order chi connectivity index (χ1) is 8.66. The van der Waals surface area contributed by atoms with Crippen LogP contribution >= 0.6 is 0 Å². The van der Waals surface area contributed by atoms with Crippen LogP contribution in [0.1, 0.15) is 18.1 Å². The van der Waals surface area contributed by atoms with Crippen LogP contribution < -0.4 is 0 Å². The van der Waals surface area contributed by atoms with Crippen LogP contribution in [0.4, 0.5) is 0 Å². The van der Waals surface area contributed by atoms with Crippen molar-refractivity contribution < 1.29 is 24.5 Å². The minimum Gasteiger partial charge on any atom is -0.457 e. The van der Waals surface area contributed by atoms with E-state index in [1.54, 1.807) is 24.3 Å². The highest BCUT2D eigenvalue weighted by Crippen LogP contribution is 2.36. The summed E-state index contributed by atoms with van der Waals surface area (Å²) in [5, 5.41) is 20.2. The second-order valence-electron chi connectivity index (χ2n) is 4.64. The standard InChI is InChI=1S/C13H14O5/c14-9-6-8-12(18-9)11(16)13(17-8)10(15)7-4-2-1-3-5-7/h1-5,8,10-13,15-16H,6H2/t8-,10-,11+,12+,13+/m0/s1. The fourth-order valence-electron chi connectivity index (χ4n) is 2.54. The predicted molar refractivity (Wildman–Crippen MR) is 60.6 cm³/mol. The molecule has 0 spiro atoms. The summed E-state index contributed by atoms with van der Waals surface area (Å²) >= 11 is 0. The highest BCUT2D eigenvalue weighted by atomic mass is 16.6. The van der Waals surface area contributed by atoms with Gasteiger partial charge in [-0.3, -0.25) is 4.79 Å². The van der Waals surface area contributed by atoms with E-state index in [0.717, 1.165) is 0 Å². The van der Waals surface area contributed by atoms with Crippen molar-refractivity contribution >= 4 is 5.97 Å². The summed E-state index contributed by atoms with van der Waals surface area (Å²) in [6.07, 6.45) is -3.63. The zero-order chi connectivity index (χ0) is 12.7. The van der Waals surface area contributed by atoms with Gasteiger partial charge in [-0.25, -0.2) is 0 Å². The quantitative estimate of drug-likeness (QED) is 0.731. The van der Waals surface area contributed by atoms with E-state index in [9.17, 15) is 15.0 Å². The third-order valence-electron chi connectivity index (χ3n) is 3.46. The van der Waals surface area contributed by atoms with E-state index in [4.69, 9.17) is 9.47 Å². The summed E-state index contributed by atoms with van der Waals surface area (Å²) in [5.74, 6) is -0.364. The van der Waals surface area contributed by atoms with Crippen LogP contribution in [0.25, 0.3) is 0 Å². The van der Waals surface area contributed by atoms with Crippen molar-refractivity contribution in [1.29, 1.82) is 0 Å². The Morgan fingerprint density at radius 1 is 1.28 bits per heavy atom. The van der Waals surface area contributed by atoms with Gasteiger partial charge in [-0.2, -0.15) is 0 Å². The number of benzene rings is 1. The summed E-state index contributed by atoms with van der Waals surface area (Å²) < 4.78 is 10.5. The van der Waals surface area contributed by atoms with Crippen LogP contribution in [0, 0.1) is 0 Å². The Bertz CT molecular complexity index is 446. The third kappa shape index (κ3) is 1.80. The molecular formula is C13H14O5. The second-order valence-corrected chi connectivity index (χ2v) is 4.64. The van der Waals surface area contributed by atoms with Gasteiger partial charge in [0, 0.05) is 0 Å². The van der Waals surface area contributed by atoms with Crippen LogP contribution in [-0.2, 0) is 14.3 Å². The molecule has 0 saturated carbocycles. The van der Waals surface area contributed by atoms with Crippen molar-refractivity contribution in [1.82, 2.24) is 0 Å². The minimum absolute atomic E-state index is 0.139. The fourth-order valence-corrected chi connectivity index (χ4v) is 2.54. The maximum absolute atomic E-state index is 11.1. The molecule has 0 unspecified atom stereocenters. The van der Waals surface area contributed by atoms with E-state index in [-0.39, 0.29) is 12.4 Å². The molecule has 1 aromatic carbocycles. The number of hydrogen-bond acceptors (Lipinski definition) is 5. The highest BCUT2D eigenvalue weighted by Gasteiger charge is 2.53. The van der Waals surface area contributed by atoms with E-state index in [1.165, 1.54) is 0 Å². The lowest BCUT2D eigenvalue weighted by molar-refractivity contribution is -0.147. The first-order valence-corrected chi connectivity index (χ1v) is 5.93. The fraction of sp³-hybridized carbons (Fsp3) is 0.462. The van der Waals surface area contributed by atoms with Gasteiger partial charge in [0.15, 0.2) is 6.10 Å². The lowest BCUT2D eigenvalue weighted by atomic mass is 9.99. The normalized spacial score (nSPS) is 36.2. The molecule has 3 rings (SSSR count). The van der Waals surface area contributed by atoms with E-state index < -0.39 is 30.5 Å². The van der Waals surface area contributed by atoms with E-state index in [0.29, 0.717) is 5.56 Å². The zero-order valence-corrected chi connectivity index (χ0v) is 9.60. The maximum atomic E-state index is 11.1. The van der Waals surface area contributed by atoms with Gasteiger partial charge in [0.05, 0.1) is 6.42 Å². The Morgan fingerprint density at radius 3 is 2.67 bits per heavy atom. The lowest BCUT2D eigenvalue weighted by Gasteiger charge is -2.22. The molecule has 0 amide bonds. The number of esters is 1. The van der Waals surface area contributed by atoms with Gasteiger partial charge >= 0.3 is 5.97 Å². The molecule has 5 heteroatoms. The number of carbonyl (C=O) groups is 1. The number of ether oxygens (including phenoxy) is 2. The van der Waals surface area contributed by atoms with Crippen LogP contribution in [0.3, 0.4) is 0 Å². The highest BCUT2D eigenvalue weighted by molar-refractivity contribution is 5.73. The van der Waals surface area contributed by atoms with E-state index in [2.05, 4.69) is 0 Å². The molecule has 2 N–H and O–H groups in total. The molecule has 18 heavy (non-hydrogen) atoms. The van der Waals surface area contributed by atoms with Gasteiger partial charge < -0.3 is 19.7 Å². The van der Waals surface area contributed by atoms with Crippen molar-refractivity contribution in [3.63, 3.8) is 0 Å². The molecule has 2 fully saturated rings. The summed E-state index contributed by atoms with van der Waals surface area (Å²) in [6, 6.07) is 8.99. The molecule has 0 radical (unpaired) electrons. The van der Waals surface area contributed by atoms with Crippen LogP contribution in [0.2, 0.25) is 0 Å². The Hall–Kier alpha value is -1.43. The molecule has 0 bridgehead atoms. The largest absolute Gasteiger partial charge is 0.457 e. The molecule has 5 nitrogen and oxygen atoms in total. The summed E-state index contributed by atoms with van der Waals surface area (Å²) in [7, 11) is 0. The number of aliphatic hydroxyl groups excluding tert-OH is 2. The van der Waals surface area contributed by atoms with Crippen molar-refractivity contribution in [2.75, 3.05) is 0 Å². The second kappa shape index (κ2) is 4.35. The maximum Gasteiger partial charge on any atom is 0.309 e. The Kier molecular flexibility index (Phi) is 2.81. The molecule has 2 aliphatic rings. The third-order valence-corrected chi connectivity index (χ3v) is 3.46. The molecular weight excluding hydrogens is 236 g/mol. The molecule has 2 aliphatic heterocycles. The minimum atomic E-state index is -0.989. The molecule has 5 atom stereocenters. The van der Waals surface area contributed by atoms with Gasteiger partial charge in [-0.1, -0.05) is 30.3 Å². The molecule has 2 heterocycles. The average molecular weight is 250 g/mol. The molecule has 1 aromatic rings. The predicted octanol–water partition coefficient (Wildman–Crippen LogP) is 0.164. The summed E-state index contributed by atoms with van der Waals surface area (Å²) in [5.41, 5.74) is 0.674. The Labute approximate surface area is 104 Å². The smallest absolute Gasteiger partial charge is 0.309 e. The zero-order valence-electron chi connectivity index (χ0n) is 9.60. The average Bonchev–Trinajstić information content (AvgIpc) is 2.88. The van der Waals surface area contributed by atoms with Gasteiger partial charge in [-0.15, -0.1) is 0 Å². The van der Waals surface area contributed by atoms with Crippen molar-refractivity contribution in [3.05, 3.63) is 35.9 Å². The van der Waals surface area contributed by atoms with Crippen molar-refractivity contribution in [2.45, 2.75) is 36.9 Å². The Morgan fingerprint density at radius 2 is 2.00 bits per heavy atom. The number of carbonyl (C=O) groups excluding carboxylic acids is 1. The number of aliphatic hydroxyl groups is 2. The summed E-state index contributed by atoms with van der Waals surface area (Å²) in [4.78, 5) is 11.1. The van der Waals surface area contributed by atoms with E-state index >= 15 is 0 Å². The molecule has 96 valence electrons. The van der Waals surface area contributed by atoms with Gasteiger partial charge in [0.2, 0.25) is 0 Å². The van der Waals surface area contributed by atoms with Crippen molar-refractivity contribution in [3.8, 4) is 0 Å². The first kappa shape index (κ1) is 11.6. The van der Waals surface area contributed by atoms with Crippen LogP contribution in [0.15, 0.2) is 30.3 Å². The van der Waals surface area contributed by atoms with Crippen LogP contribution in [-0.4, -0.2) is 40.6 Å². The van der Waals surface area contributed by atoms with E-state index in [1.807, 2.05) is 6.07 Å². The summed E-state index contributed by atoms with van der Waals surface area (Å²) in [6.45, 7) is 0. The number of fused-ring (bicyclic) bond motifs is 1. The molecule has 0 aliphatic carbocycles. The number of rotatable bonds is 2. The molecule has 0 aromatic heterocycles. The SMILES string of the molecule is O=C1C[C@@H]2O[C@H]([C@@H](O)c3ccccc3)[C@H](O)[C@@H]2O1. The van der Waals surface area contributed by atoms with Crippen molar-refractivity contribution in [2.24, 2.45) is 0 Å². The topological polar surface area (TPSA) is 76.0 Å². The Balaban J connectivity index is 1.77. The number of hydrogen-bond donors (Lipinski definition) is 2. The lowest BCUT2D eigenvalue weighted by Crippen LogP contribution is -2.35. The first-order valence-electron chi connectivity index (χ1n) is 5.93. The van der Waals surface area contributed by atoms with Gasteiger partial charge in [-0.05, 0) is 5.56 Å².